The molecule has 0 bridgehead atoms. The number of halogens is 1. The van der Waals surface area contributed by atoms with Gasteiger partial charge in [0.15, 0.2) is 16.7 Å². The molecular formula is C28H26ClN3O6S. The van der Waals surface area contributed by atoms with Gasteiger partial charge in [-0.1, -0.05) is 42.4 Å². The molecule has 1 amide bonds. The SMILES string of the molecule is CCC(Sc1nc2cc3c(cc2c(=O)n1Cc1ccc(OC)cc1)OCO3)C(=O)Nc1cc(Cl)ccc1OC. The van der Waals surface area contributed by atoms with Gasteiger partial charge in [0.2, 0.25) is 12.7 Å². The minimum absolute atomic E-state index is 0.0817. The van der Waals surface area contributed by atoms with Crippen LogP contribution in [0.1, 0.15) is 18.9 Å². The number of anilines is 1. The molecule has 1 N–H and O–H groups in total. The van der Waals surface area contributed by atoms with Gasteiger partial charge in [0.25, 0.3) is 5.56 Å². The molecule has 3 aromatic carbocycles. The van der Waals surface area contributed by atoms with Crippen LogP contribution < -0.4 is 29.8 Å². The lowest BCUT2D eigenvalue weighted by Gasteiger charge is -2.19. The molecule has 0 radical (unpaired) electrons. The molecule has 11 heteroatoms. The highest BCUT2D eigenvalue weighted by molar-refractivity contribution is 8.00. The average molecular weight is 568 g/mol. The molecule has 0 spiro atoms. The molecular weight excluding hydrogens is 542 g/mol. The number of rotatable bonds is 9. The number of ether oxygens (including phenoxy) is 4. The quantitative estimate of drug-likeness (QED) is 0.213. The fourth-order valence-corrected chi connectivity index (χ4v) is 5.36. The number of benzene rings is 3. The summed E-state index contributed by atoms with van der Waals surface area (Å²) in [5.41, 5.74) is 1.56. The zero-order chi connectivity index (χ0) is 27.5. The molecule has 1 aromatic heterocycles. The molecule has 39 heavy (non-hydrogen) atoms. The highest BCUT2D eigenvalue weighted by Gasteiger charge is 2.25. The van der Waals surface area contributed by atoms with Gasteiger partial charge in [-0.3, -0.25) is 14.2 Å². The number of fused-ring (bicyclic) bond motifs is 2. The Balaban J connectivity index is 1.53. The van der Waals surface area contributed by atoms with Gasteiger partial charge in [0.05, 0.1) is 42.6 Å². The van der Waals surface area contributed by atoms with Crippen molar-refractivity contribution in [2.45, 2.75) is 30.3 Å². The molecule has 0 fully saturated rings. The molecule has 5 rings (SSSR count). The maximum absolute atomic E-state index is 13.8. The maximum atomic E-state index is 13.8. The summed E-state index contributed by atoms with van der Waals surface area (Å²) >= 11 is 7.36. The highest BCUT2D eigenvalue weighted by Crippen LogP contribution is 2.36. The number of hydrogen-bond donors (Lipinski definition) is 1. The van der Waals surface area contributed by atoms with Crippen LogP contribution in [0.2, 0.25) is 5.02 Å². The highest BCUT2D eigenvalue weighted by atomic mass is 35.5. The molecule has 0 saturated heterocycles. The van der Waals surface area contributed by atoms with Crippen LogP contribution in [0.15, 0.2) is 64.5 Å². The lowest BCUT2D eigenvalue weighted by atomic mass is 10.2. The van der Waals surface area contributed by atoms with Crippen LogP contribution in [-0.2, 0) is 11.3 Å². The van der Waals surface area contributed by atoms with Crippen molar-refractivity contribution < 1.29 is 23.7 Å². The number of amides is 1. The first kappa shape index (κ1) is 26.7. The molecule has 4 aromatic rings. The van der Waals surface area contributed by atoms with Crippen molar-refractivity contribution in [1.82, 2.24) is 9.55 Å². The van der Waals surface area contributed by atoms with Gasteiger partial charge in [-0.15, -0.1) is 0 Å². The Kier molecular flexibility index (Phi) is 7.85. The molecule has 0 saturated carbocycles. The number of thioether (sulfide) groups is 1. The van der Waals surface area contributed by atoms with E-state index in [0.29, 0.717) is 56.2 Å². The van der Waals surface area contributed by atoms with E-state index < -0.39 is 5.25 Å². The monoisotopic (exact) mass is 567 g/mol. The second kappa shape index (κ2) is 11.5. The Morgan fingerprint density at radius 3 is 2.54 bits per heavy atom. The van der Waals surface area contributed by atoms with E-state index in [1.165, 1.54) is 18.9 Å². The minimum atomic E-state index is -0.561. The smallest absolute Gasteiger partial charge is 0.262 e. The van der Waals surface area contributed by atoms with E-state index in [0.717, 1.165) is 5.56 Å². The summed E-state index contributed by atoms with van der Waals surface area (Å²) < 4.78 is 23.2. The van der Waals surface area contributed by atoms with Gasteiger partial charge in [-0.05, 0) is 48.4 Å². The van der Waals surface area contributed by atoms with Gasteiger partial charge < -0.3 is 24.3 Å². The van der Waals surface area contributed by atoms with Crippen molar-refractivity contribution in [3.05, 3.63) is 75.5 Å². The number of carbonyl (C=O) groups excluding carboxylic acids is 1. The minimum Gasteiger partial charge on any atom is -0.497 e. The zero-order valence-electron chi connectivity index (χ0n) is 21.5. The normalized spacial score (nSPS) is 12.8. The molecule has 1 atom stereocenters. The fraction of sp³-hybridized carbons (Fsp3) is 0.250. The van der Waals surface area contributed by atoms with Crippen molar-refractivity contribution in [2.75, 3.05) is 26.3 Å². The standard InChI is InChI=1S/C28H26ClN3O6S/c1-4-25(26(33)30-21-11-17(29)7-10-22(21)36-3)39-28-31-20-13-24-23(37-15-38-24)12-19(20)27(34)32(28)14-16-5-8-18(35-2)9-6-16/h5-13,25H,4,14-15H2,1-3H3,(H,30,33). The van der Waals surface area contributed by atoms with Crippen molar-refractivity contribution in [3.8, 4) is 23.0 Å². The van der Waals surface area contributed by atoms with Crippen molar-refractivity contribution in [1.29, 1.82) is 0 Å². The van der Waals surface area contributed by atoms with E-state index in [2.05, 4.69) is 5.32 Å². The third kappa shape index (κ3) is 5.62. The number of nitrogens with zero attached hydrogens (tertiary/aromatic N) is 2. The van der Waals surface area contributed by atoms with E-state index in [4.69, 9.17) is 35.5 Å². The van der Waals surface area contributed by atoms with Crippen molar-refractivity contribution >= 4 is 45.9 Å². The van der Waals surface area contributed by atoms with Gasteiger partial charge in [0, 0.05) is 11.1 Å². The van der Waals surface area contributed by atoms with Crippen LogP contribution in [0, 0.1) is 0 Å². The maximum Gasteiger partial charge on any atom is 0.262 e. The molecule has 202 valence electrons. The Morgan fingerprint density at radius 1 is 1.10 bits per heavy atom. The topological polar surface area (TPSA) is 101 Å². The molecule has 1 unspecified atom stereocenters. The first-order valence-corrected chi connectivity index (χ1v) is 13.4. The lowest BCUT2D eigenvalue weighted by Crippen LogP contribution is -2.28. The number of hydrogen-bond acceptors (Lipinski definition) is 8. The van der Waals surface area contributed by atoms with Crippen LogP contribution in [0.5, 0.6) is 23.0 Å². The Morgan fingerprint density at radius 2 is 1.85 bits per heavy atom. The van der Waals surface area contributed by atoms with Crippen LogP contribution >= 0.6 is 23.4 Å². The van der Waals surface area contributed by atoms with Crippen LogP contribution in [0.4, 0.5) is 5.69 Å². The third-order valence-corrected chi connectivity index (χ3v) is 7.83. The van der Waals surface area contributed by atoms with Crippen LogP contribution in [-0.4, -0.2) is 41.7 Å². The Labute approximate surface area is 234 Å². The summed E-state index contributed by atoms with van der Waals surface area (Å²) in [5.74, 6) is 1.96. The van der Waals surface area contributed by atoms with Gasteiger partial charge in [-0.25, -0.2) is 4.98 Å². The van der Waals surface area contributed by atoms with E-state index in [-0.39, 0.29) is 24.8 Å². The summed E-state index contributed by atoms with van der Waals surface area (Å²) in [6, 6.07) is 15.8. The zero-order valence-corrected chi connectivity index (χ0v) is 23.1. The van der Waals surface area contributed by atoms with Crippen molar-refractivity contribution in [2.24, 2.45) is 0 Å². The summed E-state index contributed by atoms with van der Waals surface area (Å²) in [6.07, 6.45) is 0.483. The summed E-state index contributed by atoms with van der Waals surface area (Å²) in [6.45, 7) is 2.23. The molecule has 1 aliphatic rings. The van der Waals surface area contributed by atoms with Gasteiger partial charge in [-0.2, -0.15) is 0 Å². The number of carbonyl (C=O) groups is 1. The van der Waals surface area contributed by atoms with E-state index >= 15 is 0 Å². The number of aromatic nitrogens is 2. The van der Waals surface area contributed by atoms with Crippen LogP contribution in [0.25, 0.3) is 10.9 Å². The molecule has 1 aliphatic heterocycles. The summed E-state index contributed by atoms with van der Waals surface area (Å²) in [7, 11) is 3.12. The predicted molar refractivity (Wildman–Crippen MR) is 151 cm³/mol. The summed E-state index contributed by atoms with van der Waals surface area (Å²) in [5, 5.41) is 3.62. The Bertz CT molecular complexity index is 1590. The second-order valence-corrected chi connectivity index (χ2v) is 10.3. The number of nitrogens with one attached hydrogen (secondary N) is 1. The fourth-order valence-electron chi connectivity index (χ4n) is 4.17. The average Bonchev–Trinajstić information content (AvgIpc) is 3.40. The molecule has 2 heterocycles. The van der Waals surface area contributed by atoms with Gasteiger partial charge in [0.1, 0.15) is 11.5 Å². The number of methoxy groups -OCH3 is 2. The summed E-state index contributed by atoms with van der Waals surface area (Å²) in [4.78, 5) is 32.0. The first-order valence-electron chi connectivity index (χ1n) is 12.2. The van der Waals surface area contributed by atoms with Crippen molar-refractivity contribution in [3.63, 3.8) is 0 Å². The van der Waals surface area contributed by atoms with Gasteiger partial charge >= 0.3 is 0 Å². The second-order valence-electron chi connectivity index (χ2n) is 8.70. The van der Waals surface area contributed by atoms with E-state index in [9.17, 15) is 9.59 Å². The van der Waals surface area contributed by atoms with E-state index in [1.807, 2.05) is 31.2 Å². The first-order chi connectivity index (χ1) is 18.9. The predicted octanol–water partition coefficient (Wildman–Crippen LogP) is 5.35. The van der Waals surface area contributed by atoms with Crippen LogP contribution in [0.3, 0.4) is 0 Å². The molecule has 9 nitrogen and oxygen atoms in total. The molecule has 0 aliphatic carbocycles. The largest absolute Gasteiger partial charge is 0.497 e. The Hall–Kier alpha value is -3.89. The lowest BCUT2D eigenvalue weighted by molar-refractivity contribution is -0.115. The third-order valence-electron chi connectivity index (χ3n) is 6.24. The van der Waals surface area contributed by atoms with E-state index in [1.54, 1.807) is 42.0 Å².